The topological polar surface area (TPSA) is 21.3 Å². The number of hydrogen-bond acceptors (Lipinski definition) is 2. The minimum Gasteiger partial charge on any atom is -0.374 e. The second-order valence-electron chi connectivity index (χ2n) is 6.09. The molecule has 1 aliphatic heterocycles. The van der Waals surface area contributed by atoms with Crippen LogP contribution in [0.25, 0.3) is 0 Å². The maximum Gasteiger partial charge on any atom is 0.0704 e. The molecule has 0 amide bonds. The SMILES string of the molecule is CC1CCC(CN[C@@H](C)C2CCCCCC2)O1. The lowest BCUT2D eigenvalue weighted by Crippen LogP contribution is -2.38. The van der Waals surface area contributed by atoms with E-state index >= 15 is 0 Å². The van der Waals surface area contributed by atoms with Crippen molar-refractivity contribution >= 4 is 0 Å². The Morgan fingerprint density at radius 2 is 1.76 bits per heavy atom. The van der Waals surface area contributed by atoms with E-state index in [-0.39, 0.29) is 0 Å². The summed E-state index contributed by atoms with van der Waals surface area (Å²) in [5, 5.41) is 3.72. The summed E-state index contributed by atoms with van der Waals surface area (Å²) in [6.45, 7) is 5.62. The fourth-order valence-electron chi connectivity index (χ4n) is 3.33. The Labute approximate surface area is 107 Å². The molecule has 17 heavy (non-hydrogen) atoms. The summed E-state index contributed by atoms with van der Waals surface area (Å²) in [7, 11) is 0. The van der Waals surface area contributed by atoms with Crippen LogP contribution in [-0.2, 0) is 4.74 Å². The fraction of sp³-hybridized carbons (Fsp3) is 1.00. The largest absolute Gasteiger partial charge is 0.374 e. The van der Waals surface area contributed by atoms with Crippen molar-refractivity contribution in [1.82, 2.24) is 5.32 Å². The zero-order valence-electron chi connectivity index (χ0n) is 11.6. The van der Waals surface area contributed by atoms with Gasteiger partial charge in [0.1, 0.15) is 0 Å². The van der Waals surface area contributed by atoms with E-state index in [1.165, 1.54) is 51.4 Å². The van der Waals surface area contributed by atoms with Gasteiger partial charge in [-0.05, 0) is 45.4 Å². The van der Waals surface area contributed by atoms with E-state index in [0.717, 1.165) is 12.5 Å². The van der Waals surface area contributed by atoms with Crippen molar-refractivity contribution in [2.24, 2.45) is 5.92 Å². The highest BCUT2D eigenvalue weighted by atomic mass is 16.5. The molecular weight excluding hydrogens is 210 g/mol. The van der Waals surface area contributed by atoms with Crippen molar-refractivity contribution in [1.29, 1.82) is 0 Å². The molecule has 2 nitrogen and oxygen atoms in total. The summed E-state index contributed by atoms with van der Waals surface area (Å²) in [4.78, 5) is 0. The molecule has 0 radical (unpaired) electrons. The molecule has 100 valence electrons. The fourth-order valence-corrected chi connectivity index (χ4v) is 3.33. The lowest BCUT2D eigenvalue weighted by molar-refractivity contribution is 0.0531. The van der Waals surface area contributed by atoms with E-state index in [1.807, 2.05) is 0 Å². The van der Waals surface area contributed by atoms with E-state index in [2.05, 4.69) is 19.2 Å². The quantitative estimate of drug-likeness (QED) is 0.758. The van der Waals surface area contributed by atoms with E-state index in [1.54, 1.807) is 0 Å². The van der Waals surface area contributed by atoms with Gasteiger partial charge in [-0.2, -0.15) is 0 Å². The third-order valence-electron chi connectivity index (χ3n) is 4.59. The van der Waals surface area contributed by atoms with Crippen molar-refractivity contribution in [2.75, 3.05) is 6.54 Å². The monoisotopic (exact) mass is 239 g/mol. The Hall–Kier alpha value is -0.0800. The molecule has 3 atom stereocenters. The summed E-state index contributed by atoms with van der Waals surface area (Å²) in [6, 6.07) is 0.674. The molecule has 2 unspecified atom stereocenters. The molecule has 1 saturated carbocycles. The molecule has 1 heterocycles. The molecule has 0 aromatic heterocycles. The van der Waals surface area contributed by atoms with Crippen LogP contribution in [0.15, 0.2) is 0 Å². The molecule has 2 fully saturated rings. The first-order valence-electron chi connectivity index (χ1n) is 7.64. The standard InChI is InChI=1S/C15H29NO/c1-12-9-10-15(17-12)11-16-13(2)14-7-5-3-4-6-8-14/h12-16H,3-11H2,1-2H3/t12?,13-,15?/m0/s1. The second kappa shape index (κ2) is 6.75. The Kier molecular flexibility index (Phi) is 5.30. The molecule has 2 heteroatoms. The van der Waals surface area contributed by atoms with Gasteiger partial charge in [0.05, 0.1) is 12.2 Å². The van der Waals surface area contributed by atoms with Gasteiger partial charge in [-0.15, -0.1) is 0 Å². The first-order chi connectivity index (χ1) is 8.25. The van der Waals surface area contributed by atoms with Gasteiger partial charge in [0.15, 0.2) is 0 Å². The Morgan fingerprint density at radius 3 is 2.35 bits per heavy atom. The van der Waals surface area contributed by atoms with Crippen molar-refractivity contribution in [3.8, 4) is 0 Å². The lowest BCUT2D eigenvalue weighted by Gasteiger charge is -2.25. The Bertz CT molecular complexity index is 211. The van der Waals surface area contributed by atoms with E-state index in [4.69, 9.17) is 4.74 Å². The van der Waals surface area contributed by atoms with Crippen molar-refractivity contribution in [2.45, 2.75) is 83.5 Å². The maximum absolute atomic E-state index is 5.86. The van der Waals surface area contributed by atoms with E-state index in [9.17, 15) is 0 Å². The number of nitrogens with one attached hydrogen (secondary N) is 1. The predicted molar refractivity (Wildman–Crippen MR) is 72.2 cm³/mol. The summed E-state index contributed by atoms with van der Waals surface area (Å²) in [5.74, 6) is 0.899. The van der Waals surface area contributed by atoms with Crippen LogP contribution in [0.5, 0.6) is 0 Å². The van der Waals surface area contributed by atoms with Crippen molar-refractivity contribution in [3.05, 3.63) is 0 Å². The van der Waals surface area contributed by atoms with Gasteiger partial charge in [-0.25, -0.2) is 0 Å². The van der Waals surface area contributed by atoms with Gasteiger partial charge in [0.2, 0.25) is 0 Å². The molecule has 1 aliphatic carbocycles. The number of hydrogen-bond donors (Lipinski definition) is 1. The lowest BCUT2D eigenvalue weighted by atomic mass is 9.93. The van der Waals surface area contributed by atoms with Crippen LogP contribution in [0, 0.1) is 5.92 Å². The third kappa shape index (κ3) is 4.26. The Morgan fingerprint density at radius 1 is 1.06 bits per heavy atom. The van der Waals surface area contributed by atoms with Crippen LogP contribution < -0.4 is 5.32 Å². The first-order valence-corrected chi connectivity index (χ1v) is 7.64. The predicted octanol–water partition coefficient (Wildman–Crippen LogP) is 3.50. The summed E-state index contributed by atoms with van der Waals surface area (Å²) >= 11 is 0. The average Bonchev–Trinajstić information content (AvgIpc) is 2.58. The minimum absolute atomic E-state index is 0.471. The van der Waals surface area contributed by atoms with Crippen LogP contribution in [0.3, 0.4) is 0 Å². The average molecular weight is 239 g/mol. The summed E-state index contributed by atoms with van der Waals surface area (Å²) < 4.78 is 5.86. The van der Waals surface area contributed by atoms with Crippen LogP contribution in [-0.4, -0.2) is 24.8 Å². The van der Waals surface area contributed by atoms with Crippen LogP contribution >= 0.6 is 0 Å². The van der Waals surface area contributed by atoms with Gasteiger partial charge < -0.3 is 10.1 Å². The third-order valence-corrected chi connectivity index (χ3v) is 4.59. The molecule has 0 bridgehead atoms. The Balaban J connectivity index is 1.67. The van der Waals surface area contributed by atoms with Crippen molar-refractivity contribution in [3.63, 3.8) is 0 Å². The van der Waals surface area contributed by atoms with Crippen LogP contribution in [0.1, 0.15) is 65.2 Å². The smallest absolute Gasteiger partial charge is 0.0704 e. The molecule has 1 N–H and O–H groups in total. The number of rotatable bonds is 4. The first kappa shape index (κ1) is 13.4. The highest BCUT2D eigenvalue weighted by Crippen LogP contribution is 2.26. The van der Waals surface area contributed by atoms with Gasteiger partial charge in [-0.1, -0.05) is 25.7 Å². The highest BCUT2D eigenvalue weighted by Gasteiger charge is 2.24. The van der Waals surface area contributed by atoms with Crippen LogP contribution in [0.4, 0.5) is 0 Å². The van der Waals surface area contributed by atoms with Crippen LogP contribution in [0.2, 0.25) is 0 Å². The van der Waals surface area contributed by atoms with E-state index < -0.39 is 0 Å². The number of ether oxygens (including phenoxy) is 1. The zero-order chi connectivity index (χ0) is 12.1. The normalized spacial score (nSPS) is 33.5. The minimum atomic E-state index is 0.471. The molecule has 2 aliphatic rings. The van der Waals surface area contributed by atoms with Crippen molar-refractivity contribution < 1.29 is 4.74 Å². The second-order valence-corrected chi connectivity index (χ2v) is 6.09. The maximum atomic E-state index is 5.86. The molecule has 2 rings (SSSR count). The summed E-state index contributed by atoms with van der Waals surface area (Å²) in [5.41, 5.74) is 0. The molecule has 1 saturated heterocycles. The molecular formula is C15H29NO. The zero-order valence-corrected chi connectivity index (χ0v) is 11.6. The van der Waals surface area contributed by atoms with Gasteiger partial charge in [0.25, 0.3) is 0 Å². The molecule has 0 aromatic rings. The van der Waals surface area contributed by atoms with E-state index in [0.29, 0.717) is 18.2 Å². The highest BCUT2D eigenvalue weighted by molar-refractivity contribution is 4.78. The van der Waals surface area contributed by atoms with Gasteiger partial charge in [0, 0.05) is 12.6 Å². The van der Waals surface area contributed by atoms with Gasteiger partial charge in [-0.3, -0.25) is 0 Å². The van der Waals surface area contributed by atoms with Gasteiger partial charge >= 0.3 is 0 Å². The summed E-state index contributed by atoms with van der Waals surface area (Å²) in [6.07, 6.45) is 12.1. The molecule has 0 aromatic carbocycles. The molecule has 0 spiro atoms.